The fraction of sp³-hybridized carbons (Fsp3) is 0.111. The van der Waals surface area contributed by atoms with Crippen LogP contribution >= 0.6 is 0 Å². The number of fused-ring (bicyclic) bond motifs is 3. The zero-order valence-corrected chi connectivity index (χ0v) is 5.39. The van der Waals surface area contributed by atoms with Crippen LogP contribution in [0.5, 0.6) is 0 Å². The van der Waals surface area contributed by atoms with Gasteiger partial charge in [-0.1, -0.05) is 31.2 Å². The molecule has 1 aromatic rings. The van der Waals surface area contributed by atoms with Crippen LogP contribution in [-0.2, 0) is 0 Å². The smallest absolute Gasteiger partial charge is 0.00997 e. The van der Waals surface area contributed by atoms with Crippen molar-refractivity contribution in [3.05, 3.63) is 47.7 Å². The predicted octanol–water partition coefficient (Wildman–Crippen LogP) is 2.20. The Bertz CT molecular complexity index is 208. The molecule has 0 fully saturated rings. The molecule has 0 heterocycles. The molecule has 3 rings (SSSR count). The van der Waals surface area contributed by atoms with Gasteiger partial charge >= 0.3 is 0 Å². The van der Waals surface area contributed by atoms with E-state index in [1.54, 1.807) is 0 Å². The molecule has 0 aromatic heterocycles. The van der Waals surface area contributed by atoms with E-state index in [0.29, 0.717) is 0 Å². The first-order valence-electron chi connectivity index (χ1n) is 3.15. The van der Waals surface area contributed by atoms with E-state index in [1.165, 1.54) is 17.0 Å². The van der Waals surface area contributed by atoms with Gasteiger partial charge in [-0.3, -0.25) is 0 Å². The minimum Gasteiger partial charge on any atom is -0.0584 e. The van der Waals surface area contributed by atoms with E-state index in [0.717, 1.165) is 0 Å². The molecular weight excluding hydrogens is 108 g/mol. The van der Waals surface area contributed by atoms with Gasteiger partial charge in [0, 0.05) is 12.3 Å². The van der Waals surface area contributed by atoms with Gasteiger partial charge < -0.3 is 0 Å². The van der Waals surface area contributed by atoms with E-state index in [9.17, 15) is 0 Å². The molecule has 2 aliphatic rings. The lowest BCUT2D eigenvalue weighted by Crippen LogP contribution is -2.02. The highest BCUT2D eigenvalue weighted by molar-refractivity contribution is 5.48. The highest BCUT2D eigenvalue weighted by Gasteiger charge is 2.12. The van der Waals surface area contributed by atoms with Crippen LogP contribution in [0.3, 0.4) is 0 Å². The molecule has 9 heavy (non-hydrogen) atoms. The van der Waals surface area contributed by atoms with Gasteiger partial charge in [0.25, 0.3) is 0 Å². The number of benzene rings is 1. The Morgan fingerprint density at radius 2 is 1.67 bits per heavy atom. The van der Waals surface area contributed by atoms with Gasteiger partial charge in [-0.25, -0.2) is 0 Å². The van der Waals surface area contributed by atoms with E-state index in [4.69, 9.17) is 0 Å². The van der Waals surface area contributed by atoms with Crippen LogP contribution < -0.4 is 0 Å². The first-order valence-corrected chi connectivity index (χ1v) is 3.15. The molecule has 0 saturated heterocycles. The zero-order valence-electron chi connectivity index (χ0n) is 5.39. The Labute approximate surface area is 55.5 Å². The molecule has 2 bridgehead atoms. The Morgan fingerprint density at radius 1 is 1.00 bits per heavy atom. The van der Waals surface area contributed by atoms with Gasteiger partial charge in [-0.05, 0) is 11.1 Å². The summed E-state index contributed by atoms with van der Waals surface area (Å²) in [7, 11) is 0. The topological polar surface area (TPSA) is 0 Å². The van der Waals surface area contributed by atoms with Crippen molar-refractivity contribution in [2.45, 2.75) is 6.92 Å². The largest absolute Gasteiger partial charge is 0.0584 e. The van der Waals surface area contributed by atoms with Crippen molar-refractivity contribution in [1.82, 2.24) is 0 Å². The van der Waals surface area contributed by atoms with Crippen molar-refractivity contribution in [3.8, 4) is 0 Å². The summed E-state index contributed by atoms with van der Waals surface area (Å²) >= 11 is 0. The standard InChI is InChI=1S/C9H8/c1-7-6-8-2-4-9(7)5-3-8/h2-6H,1H3. The quantitative estimate of drug-likeness (QED) is 0.487. The summed E-state index contributed by atoms with van der Waals surface area (Å²) in [5, 5.41) is 0. The van der Waals surface area contributed by atoms with E-state index in [1.807, 2.05) is 0 Å². The van der Waals surface area contributed by atoms with Gasteiger partial charge in [0.05, 0.1) is 0 Å². The summed E-state index contributed by atoms with van der Waals surface area (Å²) in [5.74, 6) is 1.38. The second kappa shape index (κ2) is 1.60. The minimum absolute atomic E-state index is 1.32. The van der Waals surface area contributed by atoms with Gasteiger partial charge in [0.1, 0.15) is 0 Å². The maximum absolute atomic E-state index is 2.20. The molecule has 2 radical (unpaired) electrons. The third kappa shape index (κ3) is 0.663. The van der Waals surface area contributed by atoms with Crippen LogP contribution in [0.1, 0.15) is 18.1 Å². The second-order valence-electron chi connectivity index (χ2n) is 2.45. The second-order valence-corrected chi connectivity index (χ2v) is 2.45. The Morgan fingerprint density at radius 3 is 1.89 bits per heavy atom. The van der Waals surface area contributed by atoms with Gasteiger partial charge in [-0.2, -0.15) is 0 Å². The van der Waals surface area contributed by atoms with Crippen LogP contribution in [0.2, 0.25) is 0 Å². The maximum Gasteiger partial charge on any atom is 0.00997 e. The van der Waals surface area contributed by atoms with E-state index < -0.39 is 0 Å². The molecule has 0 spiro atoms. The van der Waals surface area contributed by atoms with Gasteiger partial charge in [-0.15, -0.1) is 0 Å². The third-order valence-electron chi connectivity index (χ3n) is 1.75. The summed E-state index contributed by atoms with van der Waals surface area (Å²) < 4.78 is 0. The lowest BCUT2D eigenvalue weighted by molar-refractivity contribution is 1.13. The monoisotopic (exact) mass is 116 g/mol. The molecule has 1 aromatic carbocycles. The highest BCUT2D eigenvalue weighted by atomic mass is 14.2. The first-order chi connectivity index (χ1) is 4.36. The van der Waals surface area contributed by atoms with E-state index in [2.05, 4.69) is 37.6 Å². The van der Waals surface area contributed by atoms with Crippen molar-refractivity contribution < 1.29 is 0 Å². The number of hydrogen-bond acceptors (Lipinski definition) is 0. The minimum atomic E-state index is 1.32. The molecule has 0 N–H and O–H groups in total. The van der Waals surface area contributed by atoms with Crippen molar-refractivity contribution in [1.29, 1.82) is 0 Å². The van der Waals surface area contributed by atoms with E-state index >= 15 is 0 Å². The Balaban J connectivity index is 2.59. The summed E-state index contributed by atoms with van der Waals surface area (Å²) in [4.78, 5) is 0. The molecule has 0 heteroatoms. The summed E-state index contributed by atoms with van der Waals surface area (Å²) in [5.41, 5.74) is 2.67. The average molecular weight is 116 g/mol. The van der Waals surface area contributed by atoms with Crippen LogP contribution in [0.15, 0.2) is 24.3 Å². The highest BCUT2D eigenvalue weighted by Crippen LogP contribution is 2.27. The summed E-state index contributed by atoms with van der Waals surface area (Å²) in [6.07, 6.45) is 2.20. The molecule has 0 unspecified atom stereocenters. The SMILES string of the molecule is C[C]1[CH]c2ccc1cc2. The molecule has 0 amide bonds. The van der Waals surface area contributed by atoms with Crippen molar-refractivity contribution in [2.24, 2.45) is 0 Å². The fourth-order valence-electron chi connectivity index (χ4n) is 1.18. The van der Waals surface area contributed by atoms with Crippen LogP contribution in [-0.4, -0.2) is 0 Å². The normalized spacial score (nSPS) is 16.6. The first kappa shape index (κ1) is 5.04. The molecule has 0 aliphatic heterocycles. The van der Waals surface area contributed by atoms with Crippen LogP contribution in [0.25, 0.3) is 0 Å². The molecule has 0 atom stereocenters. The Kier molecular flexibility index (Phi) is 0.895. The average Bonchev–Trinajstić information content (AvgIpc) is 1.90. The van der Waals surface area contributed by atoms with Gasteiger partial charge in [0.2, 0.25) is 0 Å². The zero-order chi connectivity index (χ0) is 6.27. The molecule has 0 saturated carbocycles. The summed E-state index contributed by atoms with van der Waals surface area (Å²) in [6, 6.07) is 8.60. The number of hydrogen-bond donors (Lipinski definition) is 0. The summed E-state index contributed by atoms with van der Waals surface area (Å²) in [6.45, 7) is 2.14. The molecule has 2 aliphatic carbocycles. The lowest BCUT2D eigenvalue weighted by atomic mass is 9.87. The Hall–Kier alpha value is -0.780. The van der Waals surface area contributed by atoms with Gasteiger partial charge in [0.15, 0.2) is 0 Å². The fourth-order valence-corrected chi connectivity index (χ4v) is 1.18. The van der Waals surface area contributed by atoms with Crippen LogP contribution in [0.4, 0.5) is 0 Å². The molecule has 0 nitrogen and oxygen atoms in total. The molecular formula is C9H8. The number of rotatable bonds is 0. The maximum atomic E-state index is 2.20. The van der Waals surface area contributed by atoms with Crippen molar-refractivity contribution >= 4 is 0 Å². The van der Waals surface area contributed by atoms with E-state index in [-0.39, 0.29) is 0 Å². The third-order valence-corrected chi connectivity index (χ3v) is 1.75. The van der Waals surface area contributed by atoms with Crippen molar-refractivity contribution in [3.63, 3.8) is 0 Å². The predicted molar refractivity (Wildman–Crippen MR) is 37.9 cm³/mol. The van der Waals surface area contributed by atoms with Crippen LogP contribution in [0, 0.1) is 12.3 Å². The van der Waals surface area contributed by atoms with Crippen molar-refractivity contribution in [2.75, 3.05) is 0 Å². The molecule has 44 valence electrons. The lowest BCUT2D eigenvalue weighted by Gasteiger charge is -2.17.